The Labute approximate surface area is 533 Å². The predicted octanol–water partition coefficient (Wildman–Crippen LogP) is 25.5. The van der Waals surface area contributed by atoms with Crippen LogP contribution in [0, 0.1) is 0 Å². The minimum Gasteiger partial charge on any atom is -0.381 e. The lowest BCUT2D eigenvalue weighted by Gasteiger charge is -2.25. The van der Waals surface area contributed by atoms with E-state index in [9.17, 15) is 0 Å². The van der Waals surface area contributed by atoms with Crippen LogP contribution in [0.1, 0.15) is 20.3 Å². The van der Waals surface area contributed by atoms with Crippen LogP contribution in [-0.4, -0.2) is 13.2 Å². The summed E-state index contributed by atoms with van der Waals surface area (Å²) in [6, 6.07) is 106. The van der Waals surface area contributed by atoms with Crippen molar-refractivity contribution in [3.8, 4) is 0 Å². The molecule has 15 aromatic rings. The summed E-state index contributed by atoms with van der Waals surface area (Å²) in [5.41, 5.74) is 9.19. The third kappa shape index (κ3) is 14.3. The predicted molar refractivity (Wildman–Crippen MR) is 386 cm³/mol. The van der Waals surface area contributed by atoms with E-state index in [0.717, 1.165) is 62.0 Å². The van der Waals surface area contributed by atoms with Gasteiger partial charge in [-0.25, -0.2) is 0 Å². The minimum absolute atomic E-state index is 0. The summed E-state index contributed by atoms with van der Waals surface area (Å²) < 4.78 is 15.2. The molecule has 1 aliphatic rings. The number of para-hydroxylation sites is 6. The zero-order valence-electron chi connectivity index (χ0n) is 46.5. The first-order valence-corrected chi connectivity index (χ1v) is 32.4. The highest BCUT2D eigenvalue weighted by Crippen LogP contribution is 2.45. The third-order valence-electron chi connectivity index (χ3n) is 14.4. The van der Waals surface area contributed by atoms with E-state index in [1.54, 1.807) is 0 Å². The van der Waals surface area contributed by atoms with Gasteiger partial charge in [-0.3, -0.25) is 0 Å². The molecule has 1 N–H and O–H groups in total. The molecule has 0 atom stereocenters. The average molecular weight is 1300 g/mol. The van der Waals surface area contributed by atoms with Crippen molar-refractivity contribution in [3.05, 3.63) is 312 Å². The highest BCUT2D eigenvalue weighted by molar-refractivity contribution is 9.11. The summed E-state index contributed by atoms with van der Waals surface area (Å²) in [6.45, 7) is 2.00. The number of hydrogen-bond donors (Lipinski definition) is 1. The summed E-state index contributed by atoms with van der Waals surface area (Å²) in [5.74, 6) is 0. The molecule has 0 spiro atoms. The van der Waals surface area contributed by atoms with E-state index in [4.69, 9.17) is 4.74 Å². The molecule has 4 heterocycles. The van der Waals surface area contributed by atoms with Crippen molar-refractivity contribution < 1.29 is 4.74 Å². The minimum atomic E-state index is 0. The maximum Gasteiger partial charge on any atom is 0.0499 e. The third-order valence-corrected chi connectivity index (χ3v) is 19.3. The van der Waals surface area contributed by atoms with E-state index >= 15 is 0 Å². The van der Waals surface area contributed by atoms with Crippen molar-refractivity contribution in [1.82, 2.24) is 0 Å². The van der Waals surface area contributed by atoms with E-state index in [-0.39, 0.29) is 7.43 Å². The Balaban J connectivity index is 0.000000120. The second kappa shape index (κ2) is 29.1. The fourth-order valence-corrected chi connectivity index (χ4v) is 14.7. The normalized spacial score (nSPS) is 11.5. The van der Waals surface area contributed by atoms with Gasteiger partial charge in [0.05, 0.1) is 0 Å². The summed E-state index contributed by atoms with van der Waals surface area (Å²) >= 11 is 12.9. The molecule has 424 valence electrons. The van der Waals surface area contributed by atoms with Gasteiger partial charge in [-0.15, -0.1) is 34.0 Å². The van der Waals surface area contributed by atoms with Crippen LogP contribution in [0.15, 0.2) is 312 Å². The largest absolute Gasteiger partial charge is 0.381 e. The van der Waals surface area contributed by atoms with Gasteiger partial charge in [0.15, 0.2) is 0 Å². The zero-order chi connectivity index (χ0) is 57.6. The number of fused-ring (bicyclic) bond motifs is 9. The van der Waals surface area contributed by atoms with E-state index in [1.165, 1.54) is 79.0 Å². The molecule has 0 amide bonds. The van der Waals surface area contributed by atoms with Crippen LogP contribution in [0.2, 0.25) is 0 Å². The smallest absolute Gasteiger partial charge is 0.0499 e. The van der Waals surface area contributed by atoms with Gasteiger partial charge in [-0.05, 0) is 168 Å². The molecule has 3 aromatic heterocycles. The van der Waals surface area contributed by atoms with Crippen LogP contribution < -0.4 is 15.1 Å². The molecule has 4 nitrogen and oxygen atoms in total. The topological polar surface area (TPSA) is 27.7 Å². The molecule has 86 heavy (non-hydrogen) atoms. The first kappa shape index (κ1) is 59.4. The number of ether oxygens (including phenoxy) is 1. The van der Waals surface area contributed by atoms with Crippen LogP contribution in [0.3, 0.4) is 0 Å². The summed E-state index contributed by atoms with van der Waals surface area (Å²) in [7, 11) is 0. The van der Waals surface area contributed by atoms with Crippen molar-refractivity contribution in [2.45, 2.75) is 20.3 Å². The van der Waals surface area contributed by atoms with Gasteiger partial charge in [-0.2, -0.15) is 0 Å². The average Bonchev–Trinajstić information content (AvgIpc) is 2.41. The van der Waals surface area contributed by atoms with E-state index < -0.39 is 0 Å². The molecule has 0 saturated carbocycles. The Hall–Kier alpha value is -8.38. The first-order chi connectivity index (χ1) is 42.0. The van der Waals surface area contributed by atoms with Gasteiger partial charge >= 0.3 is 0 Å². The lowest BCUT2D eigenvalue weighted by atomic mass is 10.1. The molecule has 1 saturated heterocycles. The highest BCUT2D eigenvalue weighted by Gasteiger charge is 2.17. The van der Waals surface area contributed by atoms with Gasteiger partial charge in [0, 0.05) is 128 Å². The van der Waals surface area contributed by atoms with Crippen LogP contribution in [0.25, 0.3) is 60.5 Å². The first-order valence-electron chi connectivity index (χ1n) is 28.3. The molecule has 0 aliphatic carbocycles. The summed E-state index contributed by atoms with van der Waals surface area (Å²) in [6.07, 6.45) is 2.56. The molecule has 16 rings (SSSR count). The number of nitrogens with zero attached hydrogens (tertiary/aromatic N) is 2. The Morgan fingerprint density at radius 1 is 0.302 bits per heavy atom. The number of anilines is 8. The number of hydrogen-bond acceptors (Lipinski definition) is 7. The number of rotatable bonds is 8. The highest BCUT2D eigenvalue weighted by atomic mass is 79.9. The SMILES string of the molecule is Brc1cc(N(c2ccccc2)c2ccccc2)cc2c1sc1ccccc12.Brc1ccc2sc3ccccc3c2c1.C.C1CCOC1.c1ccc(N(c2ccccc2)c2ccc3sc4ccccc4c3c2)cc1.c1ccc(Nc2ccccc2)cc1. The van der Waals surface area contributed by atoms with Crippen LogP contribution >= 0.6 is 65.9 Å². The van der Waals surface area contributed by atoms with Crippen molar-refractivity contribution in [1.29, 1.82) is 0 Å². The van der Waals surface area contributed by atoms with Crippen LogP contribution in [0.5, 0.6) is 0 Å². The Bertz CT molecular complexity index is 4450. The second-order valence-corrected chi connectivity index (χ2v) is 25.1. The fraction of sp³-hybridized carbons (Fsp3) is 0.0649. The molecule has 9 heteroatoms. The summed E-state index contributed by atoms with van der Waals surface area (Å²) in [5, 5.41) is 11.3. The van der Waals surface area contributed by atoms with Crippen molar-refractivity contribution in [2.24, 2.45) is 0 Å². The molecule has 1 aliphatic heterocycles. The van der Waals surface area contributed by atoms with E-state index in [1.807, 2.05) is 94.7 Å². The van der Waals surface area contributed by atoms with Crippen molar-refractivity contribution in [3.63, 3.8) is 0 Å². The molecular formula is C77H63Br2N3OS3. The second-order valence-electron chi connectivity index (χ2n) is 20.1. The molecular weight excluding hydrogens is 1240 g/mol. The Morgan fingerprint density at radius 2 is 0.651 bits per heavy atom. The quantitative estimate of drug-likeness (QED) is 0.164. The standard InChI is InChI=1S/C24H16BrNS.C24H17NS.C12H7BrS.C12H11N.C4H8O.CH4/c25-22-16-19(15-21-20-13-7-8-14-23(20)27-24(21)22)26(17-9-3-1-4-10-17)18-11-5-2-6-12-18;1-3-9-18(10-4-1)25(19-11-5-2-6-12-19)20-15-16-24-22(17-20)21-13-7-8-14-23(21)26-24;13-8-5-6-12-10(7-8)9-3-1-2-4-11(9)14-12;1-3-7-11(8-4-1)13-12-9-5-2-6-10-12;1-2-4-5-3-1;/h1-16H;1-17H;1-7H;1-10,13H;1-4H2;1H4. The molecule has 0 unspecified atom stereocenters. The lowest BCUT2D eigenvalue weighted by Crippen LogP contribution is -2.09. The maximum absolute atomic E-state index is 4.94. The van der Waals surface area contributed by atoms with Crippen molar-refractivity contribution in [2.75, 3.05) is 28.3 Å². The number of thiophene rings is 3. The number of benzene rings is 12. The van der Waals surface area contributed by atoms with Gasteiger partial charge in [0.25, 0.3) is 0 Å². The number of nitrogens with one attached hydrogen (secondary N) is 1. The van der Waals surface area contributed by atoms with Gasteiger partial charge in [0.2, 0.25) is 0 Å². The Morgan fingerprint density at radius 3 is 1.09 bits per heavy atom. The van der Waals surface area contributed by atoms with E-state index in [0.29, 0.717) is 0 Å². The Kier molecular flexibility index (Phi) is 20.1. The van der Waals surface area contributed by atoms with Gasteiger partial charge < -0.3 is 19.9 Å². The zero-order valence-corrected chi connectivity index (χ0v) is 52.1. The van der Waals surface area contributed by atoms with Crippen LogP contribution in [-0.2, 0) is 4.74 Å². The molecule has 0 bridgehead atoms. The van der Waals surface area contributed by atoms with Gasteiger partial charge in [-0.1, -0.05) is 187 Å². The van der Waals surface area contributed by atoms with Crippen LogP contribution in [0.4, 0.5) is 45.5 Å². The monoisotopic (exact) mass is 1300 g/mol. The molecule has 12 aromatic carbocycles. The number of halogens is 2. The fourth-order valence-electron chi connectivity index (χ4n) is 10.4. The van der Waals surface area contributed by atoms with Crippen molar-refractivity contribution >= 4 is 172 Å². The van der Waals surface area contributed by atoms with E-state index in [2.05, 4.69) is 290 Å². The maximum atomic E-state index is 4.94. The molecule has 0 radical (unpaired) electrons. The summed E-state index contributed by atoms with van der Waals surface area (Å²) in [4.78, 5) is 4.61. The molecule has 1 fully saturated rings. The van der Waals surface area contributed by atoms with Gasteiger partial charge in [0.1, 0.15) is 0 Å². The lowest BCUT2D eigenvalue weighted by molar-refractivity contribution is 0.198.